The Bertz CT molecular complexity index is 1090. The molecule has 1 saturated heterocycles. The lowest BCUT2D eigenvalue weighted by molar-refractivity contribution is 0.0925. The molecule has 1 amide bonds. The van der Waals surface area contributed by atoms with Crippen LogP contribution in [0.25, 0.3) is 0 Å². The minimum Gasteiger partial charge on any atom is -0.490 e. The molecule has 4 rings (SSSR count). The quantitative estimate of drug-likeness (QED) is 0.683. The summed E-state index contributed by atoms with van der Waals surface area (Å²) in [5.74, 6) is 1.19. The first kappa shape index (κ1) is 23.6. The molecule has 2 heterocycles. The van der Waals surface area contributed by atoms with E-state index < -0.39 is 10.0 Å². The van der Waals surface area contributed by atoms with Gasteiger partial charge < -0.3 is 14.8 Å². The average molecular weight is 473 g/mol. The summed E-state index contributed by atoms with van der Waals surface area (Å²) < 4.78 is 39.1. The number of ether oxygens (including phenoxy) is 2. The van der Waals surface area contributed by atoms with Gasteiger partial charge in [0, 0.05) is 25.1 Å². The van der Waals surface area contributed by atoms with Crippen LogP contribution < -0.4 is 14.8 Å². The molecule has 0 saturated carbocycles. The van der Waals surface area contributed by atoms with Gasteiger partial charge in [-0.2, -0.15) is 4.31 Å². The second-order valence-electron chi connectivity index (χ2n) is 8.94. The maximum Gasteiger partial charge on any atom is 0.251 e. The van der Waals surface area contributed by atoms with Gasteiger partial charge in [-0.1, -0.05) is 32.4 Å². The minimum atomic E-state index is -3.61. The summed E-state index contributed by atoms with van der Waals surface area (Å²) in [6.45, 7) is 6.33. The standard InChI is InChI=1S/C25H32N2O5S/c1-18(2)24(19-10-11-22-23(17-19)32-15-7-14-31-22)26-25(28)20-8-6-9-21(16-20)33(29,30)27-12-4-3-5-13-27/h6,8-11,16-18,24H,3-5,7,12-15H2,1-2H3,(H,26,28). The number of rotatable bonds is 6. The molecule has 33 heavy (non-hydrogen) atoms. The SMILES string of the molecule is CC(C)C(NC(=O)c1cccc(S(=O)(=O)N2CCCCC2)c1)c1ccc2c(c1)OCCCO2. The summed E-state index contributed by atoms with van der Waals surface area (Å²) in [6.07, 6.45) is 3.60. The van der Waals surface area contributed by atoms with E-state index in [4.69, 9.17) is 9.47 Å². The average Bonchev–Trinajstić information content (AvgIpc) is 3.07. The lowest BCUT2D eigenvalue weighted by Gasteiger charge is -2.26. The highest BCUT2D eigenvalue weighted by molar-refractivity contribution is 7.89. The molecular formula is C25H32N2O5S. The van der Waals surface area contributed by atoms with Crippen LogP contribution in [-0.4, -0.2) is 44.9 Å². The van der Waals surface area contributed by atoms with Gasteiger partial charge in [-0.15, -0.1) is 0 Å². The third-order valence-electron chi connectivity index (χ3n) is 6.13. The molecule has 2 aliphatic heterocycles. The van der Waals surface area contributed by atoms with Crippen molar-refractivity contribution in [3.8, 4) is 11.5 Å². The summed E-state index contributed by atoms with van der Waals surface area (Å²) in [6, 6.07) is 11.8. The number of nitrogens with one attached hydrogen (secondary N) is 1. The highest BCUT2D eigenvalue weighted by atomic mass is 32.2. The van der Waals surface area contributed by atoms with E-state index in [2.05, 4.69) is 5.32 Å². The van der Waals surface area contributed by atoms with Crippen molar-refractivity contribution >= 4 is 15.9 Å². The third-order valence-corrected chi connectivity index (χ3v) is 8.03. The molecule has 0 radical (unpaired) electrons. The van der Waals surface area contributed by atoms with Gasteiger partial charge in [0.15, 0.2) is 11.5 Å². The summed E-state index contributed by atoms with van der Waals surface area (Å²) in [7, 11) is -3.61. The van der Waals surface area contributed by atoms with Crippen molar-refractivity contribution in [3.05, 3.63) is 53.6 Å². The van der Waals surface area contributed by atoms with Crippen molar-refractivity contribution in [2.24, 2.45) is 5.92 Å². The normalized spacial score (nSPS) is 17.9. The van der Waals surface area contributed by atoms with E-state index in [0.717, 1.165) is 31.2 Å². The van der Waals surface area contributed by atoms with Crippen molar-refractivity contribution < 1.29 is 22.7 Å². The Hall–Kier alpha value is -2.58. The molecule has 8 heteroatoms. The number of sulfonamides is 1. The van der Waals surface area contributed by atoms with E-state index in [0.29, 0.717) is 43.4 Å². The van der Waals surface area contributed by atoms with E-state index in [1.807, 2.05) is 32.0 Å². The van der Waals surface area contributed by atoms with E-state index in [1.165, 1.54) is 10.4 Å². The Morgan fingerprint density at radius 3 is 2.39 bits per heavy atom. The maximum absolute atomic E-state index is 13.2. The second kappa shape index (κ2) is 10.1. The maximum atomic E-state index is 13.2. The number of benzene rings is 2. The molecule has 2 aliphatic rings. The van der Waals surface area contributed by atoms with Crippen LogP contribution in [0.5, 0.6) is 11.5 Å². The zero-order chi connectivity index (χ0) is 23.4. The molecule has 1 unspecified atom stereocenters. The monoisotopic (exact) mass is 472 g/mol. The molecule has 0 spiro atoms. The molecule has 1 N–H and O–H groups in total. The van der Waals surface area contributed by atoms with Crippen molar-refractivity contribution in [1.29, 1.82) is 0 Å². The van der Waals surface area contributed by atoms with Gasteiger partial charge in [0.1, 0.15) is 0 Å². The third kappa shape index (κ3) is 5.33. The highest BCUT2D eigenvalue weighted by Gasteiger charge is 2.27. The van der Waals surface area contributed by atoms with Crippen LogP contribution in [0, 0.1) is 5.92 Å². The summed E-state index contributed by atoms with van der Waals surface area (Å²) in [5, 5.41) is 3.09. The number of hydrogen-bond donors (Lipinski definition) is 1. The van der Waals surface area contributed by atoms with Crippen LogP contribution in [0.15, 0.2) is 47.4 Å². The first-order chi connectivity index (χ1) is 15.9. The van der Waals surface area contributed by atoms with E-state index >= 15 is 0 Å². The van der Waals surface area contributed by atoms with Gasteiger partial charge in [0.05, 0.1) is 24.2 Å². The predicted octanol–water partition coefficient (Wildman–Crippen LogP) is 4.15. The van der Waals surface area contributed by atoms with Crippen LogP contribution in [0.2, 0.25) is 0 Å². The number of hydrogen-bond acceptors (Lipinski definition) is 5. The Kier molecular flexibility index (Phi) is 7.24. The molecule has 0 aliphatic carbocycles. The molecule has 0 bridgehead atoms. The number of amides is 1. The van der Waals surface area contributed by atoms with E-state index in [9.17, 15) is 13.2 Å². The van der Waals surface area contributed by atoms with E-state index in [1.54, 1.807) is 18.2 Å². The van der Waals surface area contributed by atoms with Crippen LogP contribution in [0.4, 0.5) is 0 Å². The van der Waals surface area contributed by atoms with Crippen LogP contribution in [-0.2, 0) is 10.0 Å². The first-order valence-corrected chi connectivity index (χ1v) is 13.1. The Morgan fingerprint density at radius 1 is 0.939 bits per heavy atom. The van der Waals surface area contributed by atoms with Crippen LogP contribution in [0.1, 0.15) is 61.5 Å². The lowest BCUT2D eigenvalue weighted by atomic mass is 9.95. The van der Waals surface area contributed by atoms with Gasteiger partial charge >= 0.3 is 0 Å². The number of piperidine rings is 1. The zero-order valence-corrected chi connectivity index (χ0v) is 20.1. The fourth-order valence-electron chi connectivity index (χ4n) is 4.28. The lowest BCUT2D eigenvalue weighted by Crippen LogP contribution is -2.36. The van der Waals surface area contributed by atoms with Crippen molar-refractivity contribution in [1.82, 2.24) is 9.62 Å². The summed E-state index contributed by atoms with van der Waals surface area (Å²) in [4.78, 5) is 13.3. The summed E-state index contributed by atoms with van der Waals surface area (Å²) >= 11 is 0. The first-order valence-electron chi connectivity index (χ1n) is 11.7. The van der Waals surface area contributed by atoms with E-state index in [-0.39, 0.29) is 22.8 Å². The van der Waals surface area contributed by atoms with Gasteiger partial charge in [0.25, 0.3) is 5.91 Å². The van der Waals surface area contributed by atoms with Crippen molar-refractivity contribution in [2.45, 2.75) is 50.5 Å². The number of fused-ring (bicyclic) bond motifs is 1. The Labute approximate surface area is 196 Å². The number of carbonyl (C=O) groups is 1. The molecule has 7 nitrogen and oxygen atoms in total. The van der Waals surface area contributed by atoms with Crippen LogP contribution in [0.3, 0.4) is 0 Å². The number of nitrogens with zero attached hydrogens (tertiary/aromatic N) is 1. The smallest absolute Gasteiger partial charge is 0.251 e. The molecule has 1 atom stereocenters. The molecule has 178 valence electrons. The minimum absolute atomic E-state index is 0.110. The van der Waals surface area contributed by atoms with Gasteiger partial charge in [-0.3, -0.25) is 4.79 Å². The second-order valence-corrected chi connectivity index (χ2v) is 10.9. The topological polar surface area (TPSA) is 84.9 Å². The highest BCUT2D eigenvalue weighted by Crippen LogP contribution is 2.34. The molecule has 0 aromatic heterocycles. The fraction of sp³-hybridized carbons (Fsp3) is 0.480. The van der Waals surface area contributed by atoms with Gasteiger partial charge in [0.2, 0.25) is 10.0 Å². The largest absolute Gasteiger partial charge is 0.490 e. The van der Waals surface area contributed by atoms with Gasteiger partial charge in [-0.25, -0.2) is 8.42 Å². The molecule has 2 aromatic carbocycles. The van der Waals surface area contributed by atoms with Crippen molar-refractivity contribution in [2.75, 3.05) is 26.3 Å². The molecular weight excluding hydrogens is 440 g/mol. The van der Waals surface area contributed by atoms with Crippen molar-refractivity contribution in [3.63, 3.8) is 0 Å². The van der Waals surface area contributed by atoms with Crippen LogP contribution >= 0.6 is 0 Å². The molecule has 1 fully saturated rings. The zero-order valence-electron chi connectivity index (χ0n) is 19.2. The molecule has 2 aromatic rings. The van der Waals surface area contributed by atoms with Gasteiger partial charge in [-0.05, 0) is 54.7 Å². The summed E-state index contributed by atoms with van der Waals surface area (Å²) in [5.41, 5.74) is 1.24. The number of carbonyl (C=O) groups excluding carboxylic acids is 1. The Balaban J connectivity index is 1.55. The Morgan fingerprint density at radius 2 is 1.67 bits per heavy atom. The fourth-order valence-corrected chi connectivity index (χ4v) is 5.85. The predicted molar refractivity (Wildman–Crippen MR) is 126 cm³/mol.